The zero-order chi connectivity index (χ0) is 18.7. The number of ether oxygens (including phenoxy) is 2. The van der Waals surface area contributed by atoms with Crippen LogP contribution in [0.25, 0.3) is 0 Å². The molecule has 0 aromatic heterocycles. The Bertz CT molecular complexity index is 721. The highest BCUT2D eigenvalue weighted by molar-refractivity contribution is 14.0. The number of nitrogens with zero attached hydrogens (tertiary/aromatic N) is 1. The maximum atomic E-state index is 5.96. The third-order valence-electron chi connectivity index (χ3n) is 4.46. The summed E-state index contributed by atoms with van der Waals surface area (Å²) in [4.78, 5) is 4.27. The molecule has 3 rings (SSSR count). The summed E-state index contributed by atoms with van der Waals surface area (Å²) in [7, 11) is 1.77. The van der Waals surface area contributed by atoms with Crippen molar-refractivity contribution in [3.63, 3.8) is 0 Å². The minimum atomic E-state index is 0. The number of hydrogen-bond acceptors (Lipinski definition) is 3. The summed E-state index contributed by atoms with van der Waals surface area (Å²) in [5, 5.41) is 6.62. The second-order valence-corrected chi connectivity index (χ2v) is 6.75. The predicted molar refractivity (Wildman–Crippen MR) is 124 cm³/mol. The van der Waals surface area contributed by atoms with Gasteiger partial charge in [-0.25, -0.2) is 0 Å². The lowest BCUT2D eigenvalue weighted by Crippen LogP contribution is -2.38. The molecule has 2 N–H and O–H groups in total. The van der Waals surface area contributed by atoms with Gasteiger partial charge in [-0.05, 0) is 30.4 Å². The van der Waals surface area contributed by atoms with Crippen LogP contribution in [0.2, 0.25) is 0 Å². The molecule has 152 valence electrons. The van der Waals surface area contributed by atoms with Crippen molar-refractivity contribution in [1.82, 2.24) is 10.6 Å². The first-order chi connectivity index (χ1) is 13.3. The van der Waals surface area contributed by atoms with Gasteiger partial charge in [0.25, 0.3) is 0 Å². The van der Waals surface area contributed by atoms with Crippen molar-refractivity contribution in [3.8, 4) is 5.75 Å². The van der Waals surface area contributed by atoms with Crippen molar-refractivity contribution in [2.45, 2.75) is 26.0 Å². The summed E-state index contributed by atoms with van der Waals surface area (Å²) in [6.07, 6.45) is 2.59. The number of hydrogen-bond donors (Lipinski definition) is 2. The number of para-hydroxylation sites is 1. The summed E-state index contributed by atoms with van der Waals surface area (Å²) in [5.74, 6) is 2.46. The first-order valence-electron chi connectivity index (χ1n) is 9.62. The van der Waals surface area contributed by atoms with Crippen LogP contribution in [-0.2, 0) is 17.9 Å². The van der Waals surface area contributed by atoms with E-state index < -0.39 is 0 Å². The molecular weight excluding hydrogens is 465 g/mol. The molecule has 0 radical (unpaired) electrons. The molecule has 0 spiro atoms. The normalized spacial score (nSPS) is 13.5. The molecule has 0 bridgehead atoms. The first-order valence-corrected chi connectivity index (χ1v) is 9.62. The van der Waals surface area contributed by atoms with E-state index in [0.717, 1.165) is 29.8 Å². The zero-order valence-corrected chi connectivity index (χ0v) is 18.7. The molecule has 1 aliphatic carbocycles. The van der Waals surface area contributed by atoms with Crippen LogP contribution in [0.4, 0.5) is 0 Å². The van der Waals surface area contributed by atoms with Gasteiger partial charge in [0.15, 0.2) is 5.96 Å². The fourth-order valence-electron chi connectivity index (χ4n) is 2.69. The van der Waals surface area contributed by atoms with Crippen molar-refractivity contribution < 1.29 is 9.47 Å². The number of nitrogens with one attached hydrogen (secondary N) is 2. The summed E-state index contributed by atoms with van der Waals surface area (Å²) >= 11 is 0. The van der Waals surface area contributed by atoms with Crippen LogP contribution in [0.1, 0.15) is 24.0 Å². The van der Waals surface area contributed by atoms with E-state index in [4.69, 9.17) is 9.47 Å². The minimum Gasteiger partial charge on any atom is -0.493 e. The molecule has 0 heterocycles. The van der Waals surface area contributed by atoms with Crippen molar-refractivity contribution in [1.29, 1.82) is 0 Å². The number of halogens is 1. The van der Waals surface area contributed by atoms with E-state index >= 15 is 0 Å². The van der Waals surface area contributed by atoms with Gasteiger partial charge in [0.2, 0.25) is 0 Å². The largest absolute Gasteiger partial charge is 0.493 e. The Morgan fingerprint density at radius 1 is 1.04 bits per heavy atom. The van der Waals surface area contributed by atoms with Gasteiger partial charge in [-0.3, -0.25) is 4.99 Å². The van der Waals surface area contributed by atoms with E-state index in [1.165, 1.54) is 18.4 Å². The smallest absolute Gasteiger partial charge is 0.191 e. The van der Waals surface area contributed by atoms with Crippen molar-refractivity contribution in [3.05, 3.63) is 65.7 Å². The van der Waals surface area contributed by atoms with Crippen LogP contribution in [0.5, 0.6) is 5.75 Å². The predicted octanol–water partition coefficient (Wildman–Crippen LogP) is 3.98. The fraction of sp³-hybridized carbons (Fsp3) is 0.409. The Kier molecular flexibility index (Phi) is 10.1. The minimum absolute atomic E-state index is 0. The highest BCUT2D eigenvalue weighted by atomic mass is 127. The molecule has 5 nitrogen and oxygen atoms in total. The number of benzene rings is 2. The van der Waals surface area contributed by atoms with Gasteiger partial charge in [0.05, 0.1) is 19.8 Å². The van der Waals surface area contributed by atoms with E-state index in [1.54, 1.807) is 7.05 Å². The Morgan fingerprint density at radius 3 is 2.54 bits per heavy atom. The first kappa shape index (κ1) is 22.5. The van der Waals surface area contributed by atoms with Crippen molar-refractivity contribution >= 4 is 29.9 Å². The maximum Gasteiger partial charge on any atom is 0.191 e. The Balaban J connectivity index is 0.00000280. The molecule has 0 amide bonds. The third kappa shape index (κ3) is 8.06. The fourth-order valence-corrected chi connectivity index (χ4v) is 2.69. The van der Waals surface area contributed by atoms with Crippen LogP contribution in [0.3, 0.4) is 0 Å². The standard InChI is InChI=1S/C22H29N3O2.HI/c1-23-22(24-13-14-26-16-18-7-3-2-4-8-18)25-15-20-9-5-6-10-21(20)27-17-19-11-12-19;/h2-10,19H,11-17H2,1H3,(H2,23,24,25);1H. The molecule has 0 atom stereocenters. The van der Waals surface area contributed by atoms with Crippen molar-refractivity contribution in [2.24, 2.45) is 10.9 Å². The lowest BCUT2D eigenvalue weighted by atomic mass is 10.2. The van der Waals surface area contributed by atoms with E-state index in [2.05, 4.69) is 33.8 Å². The van der Waals surface area contributed by atoms with Gasteiger partial charge in [0.1, 0.15) is 5.75 Å². The topological polar surface area (TPSA) is 54.9 Å². The molecule has 2 aromatic carbocycles. The second kappa shape index (κ2) is 12.6. The van der Waals surface area contributed by atoms with E-state index in [0.29, 0.717) is 26.3 Å². The highest BCUT2D eigenvalue weighted by Crippen LogP contribution is 2.30. The molecule has 1 saturated carbocycles. The SMILES string of the molecule is CN=C(NCCOCc1ccccc1)NCc1ccccc1OCC1CC1.I. The summed E-state index contributed by atoms with van der Waals surface area (Å²) < 4.78 is 11.7. The third-order valence-corrected chi connectivity index (χ3v) is 4.46. The van der Waals surface area contributed by atoms with Gasteiger partial charge in [-0.15, -0.1) is 24.0 Å². The molecule has 0 aliphatic heterocycles. The Morgan fingerprint density at radius 2 is 1.79 bits per heavy atom. The van der Waals surface area contributed by atoms with Crippen molar-refractivity contribution in [2.75, 3.05) is 26.8 Å². The van der Waals surface area contributed by atoms with Crippen LogP contribution in [0.15, 0.2) is 59.6 Å². The number of guanidine groups is 1. The van der Waals surface area contributed by atoms with Gasteiger partial charge in [-0.1, -0.05) is 48.5 Å². The summed E-state index contributed by atoms with van der Waals surface area (Å²) in [5.41, 5.74) is 2.32. The molecular formula is C22H30IN3O2. The van der Waals surface area contributed by atoms with Gasteiger partial charge >= 0.3 is 0 Å². The molecule has 6 heteroatoms. The van der Waals surface area contributed by atoms with Gasteiger partial charge in [0, 0.05) is 25.7 Å². The maximum absolute atomic E-state index is 5.96. The number of rotatable bonds is 10. The highest BCUT2D eigenvalue weighted by Gasteiger charge is 2.22. The Hall–Kier alpha value is -1.80. The zero-order valence-electron chi connectivity index (χ0n) is 16.4. The molecule has 2 aromatic rings. The van der Waals surface area contributed by atoms with Gasteiger partial charge < -0.3 is 20.1 Å². The quantitative estimate of drug-likeness (QED) is 0.227. The lowest BCUT2D eigenvalue weighted by Gasteiger charge is -2.15. The average Bonchev–Trinajstić information content (AvgIpc) is 3.54. The summed E-state index contributed by atoms with van der Waals surface area (Å²) in [6.45, 7) is 3.44. The van der Waals surface area contributed by atoms with Crippen LogP contribution in [0, 0.1) is 5.92 Å². The molecule has 1 aliphatic rings. The molecule has 28 heavy (non-hydrogen) atoms. The number of aliphatic imine (C=N–C) groups is 1. The monoisotopic (exact) mass is 495 g/mol. The van der Waals surface area contributed by atoms with E-state index in [-0.39, 0.29) is 24.0 Å². The average molecular weight is 495 g/mol. The second-order valence-electron chi connectivity index (χ2n) is 6.75. The van der Waals surface area contributed by atoms with Crippen LogP contribution >= 0.6 is 24.0 Å². The molecule has 1 fully saturated rings. The van der Waals surface area contributed by atoms with Gasteiger partial charge in [-0.2, -0.15) is 0 Å². The lowest BCUT2D eigenvalue weighted by molar-refractivity contribution is 0.125. The van der Waals surface area contributed by atoms with Crippen LogP contribution in [-0.4, -0.2) is 32.8 Å². The molecule has 0 saturated heterocycles. The van der Waals surface area contributed by atoms with Crippen LogP contribution < -0.4 is 15.4 Å². The Labute approximate surface area is 184 Å². The molecule has 0 unspecified atom stereocenters. The summed E-state index contributed by atoms with van der Waals surface area (Å²) in [6, 6.07) is 18.4. The van der Waals surface area contributed by atoms with E-state index in [1.807, 2.05) is 36.4 Å². The van der Waals surface area contributed by atoms with E-state index in [9.17, 15) is 0 Å².